The third-order valence-electron chi connectivity index (χ3n) is 1.70. The van der Waals surface area contributed by atoms with Gasteiger partial charge >= 0.3 is 5.97 Å². The lowest BCUT2D eigenvalue weighted by Crippen LogP contribution is -2.19. The number of halogens is 3. The summed E-state index contributed by atoms with van der Waals surface area (Å²) in [4.78, 5) is 22.3. The Kier molecular flexibility index (Phi) is 3.95. The van der Waals surface area contributed by atoms with Gasteiger partial charge in [0.15, 0.2) is 5.82 Å². The molecular formula is C10H7ClF2O3. The Hall–Kier alpha value is -1.49. The van der Waals surface area contributed by atoms with Crippen LogP contribution >= 0.6 is 11.6 Å². The topological polar surface area (TPSA) is 43.4 Å². The molecule has 1 rings (SSSR count). The summed E-state index contributed by atoms with van der Waals surface area (Å²) in [5.74, 6) is -4.55. The van der Waals surface area contributed by atoms with Crippen LogP contribution in [0.2, 0.25) is 5.02 Å². The molecule has 3 nitrogen and oxygen atoms in total. The highest BCUT2D eigenvalue weighted by Gasteiger charge is 2.23. The van der Waals surface area contributed by atoms with Crippen molar-refractivity contribution in [2.75, 3.05) is 6.61 Å². The number of ketones is 1. The molecule has 0 saturated carbocycles. The lowest BCUT2D eigenvalue weighted by atomic mass is 10.1. The quantitative estimate of drug-likeness (QED) is 0.357. The van der Waals surface area contributed by atoms with E-state index in [-0.39, 0.29) is 6.61 Å². The van der Waals surface area contributed by atoms with Crippen LogP contribution in [0.15, 0.2) is 12.1 Å². The first-order chi connectivity index (χ1) is 7.47. The van der Waals surface area contributed by atoms with Gasteiger partial charge in [0.1, 0.15) is 5.82 Å². The number of hydrogen-bond acceptors (Lipinski definition) is 3. The normalized spacial score (nSPS) is 10.0. The molecule has 0 aliphatic carbocycles. The van der Waals surface area contributed by atoms with E-state index in [2.05, 4.69) is 4.74 Å². The Labute approximate surface area is 95.0 Å². The summed E-state index contributed by atoms with van der Waals surface area (Å²) < 4.78 is 30.5. The van der Waals surface area contributed by atoms with Crippen LogP contribution in [0.1, 0.15) is 17.3 Å². The molecule has 0 unspecified atom stereocenters. The molecule has 16 heavy (non-hydrogen) atoms. The molecule has 1 aromatic carbocycles. The lowest BCUT2D eigenvalue weighted by Gasteiger charge is -2.03. The van der Waals surface area contributed by atoms with Gasteiger partial charge < -0.3 is 4.74 Å². The highest BCUT2D eigenvalue weighted by molar-refractivity contribution is 6.41. The van der Waals surface area contributed by atoms with Gasteiger partial charge in [-0.1, -0.05) is 11.6 Å². The number of esters is 1. The Morgan fingerprint density at radius 1 is 1.38 bits per heavy atom. The number of benzene rings is 1. The van der Waals surface area contributed by atoms with E-state index in [4.69, 9.17) is 11.6 Å². The number of hydrogen-bond donors (Lipinski definition) is 0. The second-order valence-corrected chi connectivity index (χ2v) is 3.21. The van der Waals surface area contributed by atoms with Crippen molar-refractivity contribution in [3.8, 4) is 0 Å². The minimum absolute atomic E-state index is 0.0325. The SMILES string of the molecule is CCOC(=O)C(=O)c1cc(F)cc(Cl)c1F. The van der Waals surface area contributed by atoms with Crippen LogP contribution in [0, 0.1) is 11.6 Å². The van der Waals surface area contributed by atoms with Gasteiger partial charge in [-0.3, -0.25) is 4.79 Å². The molecule has 0 aliphatic rings. The van der Waals surface area contributed by atoms with E-state index in [1.54, 1.807) is 0 Å². The maximum Gasteiger partial charge on any atom is 0.379 e. The third-order valence-corrected chi connectivity index (χ3v) is 1.97. The van der Waals surface area contributed by atoms with Crippen LogP contribution in [-0.4, -0.2) is 18.4 Å². The van der Waals surface area contributed by atoms with Crippen LogP contribution in [0.5, 0.6) is 0 Å². The summed E-state index contributed by atoms with van der Waals surface area (Å²) in [6.45, 7) is 1.45. The summed E-state index contributed by atoms with van der Waals surface area (Å²) >= 11 is 5.33. The Bertz CT molecular complexity index is 446. The number of carbonyl (C=O) groups is 2. The van der Waals surface area contributed by atoms with Crippen molar-refractivity contribution >= 4 is 23.4 Å². The van der Waals surface area contributed by atoms with Crippen LogP contribution in [-0.2, 0) is 9.53 Å². The van der Waals surface area contributed by atoms with Crippen LogP contribution in [0.25, 0.3) is 0 Å². The van der Waals surface area contributed by atoms with Crippen LogP contribution in [0.3, 0.4) is 0 Å². The summed E-state index contributed by atoms with van der Waals surface area (Å²) in [7, 11) is 0. The standard InChI is InChI=1S/C10H7ClF2O3/c1-2-16-10(15)9(14)6-3-5(12)4-7(11)8(6)13/h3-4H,2H2,1H3. The molecule has 0 bridgehead atoms. The molecule has 6 heteroatoms. The second-order valence-electron chi connectivity index (χ2n) is 2.80. The van der Waals surface area contributed by atoms with Crippen molar-refractivity contribution in [3.05, 3.63) is 34.4 Å². The van der Waals surface area contributed by atoms with E-state index in [0.717, 1.165) is 0 Å². The molecule has 0 amide bonds. The first kappa shape index (κ1) is 12.6. The summed E-state index contributed by atoms with van der Waals surface area (Å²) in [5, 5.41) is -0.562. The maximum atomic E-state index is 13.3. The third kappa shape index (κ3) is 2.55. The second kappa shape index (κ2) is 5.03. The molecule has 0 fully saturated rings. The van der Waals surface area contributed by atoms with Gasteiger partial charge in [0.25, 0.3) is 5.78 Å². The summed E-state index contributed by atoms with van der Waals surface area (Å²) in [6, 6.07) is 1.30. The first-order valence-electron chi connectivity index (χ1n) is 4.33. The molecule has 0 N–H and O–H groups in total. The smallest absolute Gasteiger partial charge is 0.379 e. The van der Waals surface area contributed by atoms with E-state index in [9.17, 15) is 18.4 Å². The van der Waals surface area contributed by atoms with Crippen molar-refractivity contribution in [2.45, 2.75) is 6.92 Å². The van der Waals surface area contributed by atoms with Crippen LogP contribution in [0.4, 0.5) is 8.78 Å². The predicted molar refractivity (Wildman–Crippen MR) is 52.3 cm³/mol. The van der Waals surface area contributed by atoms with E-state index in [0.29, 0.717) is 12.1 Å². The molecule has 0 aromatic heterocycles. The number of ether oxygens (including phenoxy) is 1. The zero-order valence-electron chi connectivity index (χ0n) is 8.22. The highest BCUT2D eigenvalue weighted by atomic mass is 35.5. The van der Waals surface area contributed by atoms with Gasteiger partial charge in [0, 0.05) is 0 Å². The van der Waals surface area contributed by atoms with Crippen molar-refractivity contribution in [1.82, 2.24) is 0 Å². The first-order valence-corrected chi connectivity index (χ1v) is 4.71. The molecule has 1 aromatic rings. The van der Waals surface area contributed by atoms with Gasteiger partial charge in [0.05, 0.1) is 17.2 Å². The summed E-state index contributed by atoms with van der Waals surface area (Å²) in [5.41, 5.74) is -0.733. The molecular weight excluding hydrogens is 242 g/mol. The van der Waals surface area contributed by atoms with E-state index in [1.807, 2.05) is 0 Å². The number of rotatable bonds is 3. The molecule has 0 radical (unpaired) electrons. The van der Waals surface area contributed by atoms with E-state index >= 15 is 0 Å². The van der Waals surface area contributed by atoms with Crippen molar-refractivity contribution in [1.29, 1.82) is 0 Å². The minimum Gasteiger partial charge on any atom is -0.460 e. The van der Waals surface area contributed by atoms with Gasteiger partial charge in [0.2, 0.25) is 0 Å². The highest BCUT2D eigenvalue weighted by Crippen LogP contribution is 2.20. The fourth-order valence-electron chi connectivity index (χ4n) is 1.03. The Morgan fingerprint density at radius 3 is 2.56 bits per heavy atom. The van der Waals surface area contributed by atoms with Crippen molar-refractivity contribution in [2.24, 2.45) is 0 Å². The van der Waals surface area contributed by atoms with Gasteiger partial charge in [-0.15, -0.1) is 0 Å². The van der Waals surface area contributed by atoms with Gasteiger partial charge in [-0.2, -0.15) is 0 Å². The molecule has 0 aliphatic heterocycles. The molecule has 0 spiro atoms. The van der Waals surface area contributed by atoms with Crippen molar-refractivity contribution < 1.29 is 23.1 Å². The molecule has 86 valence electrons. The molecule has 0 saturated heterocycles. The predicted octanol–water partition coefficient (Wildman–Crippen LogP) is 2.36. The Morgan fingerprint density at radius 2 is 2.00 bits per heavy atom. The van der Waals surface area contributed by atoms with Gasteiger partial charge in [-0.25, -0.2) is 13.6 Å². The van der Waals surface area contributed by atoms with E-state index in [1.165, 1.54) is 6.92 Å². The molecule has 0 heterocycles. The number of carbonyl (C=O) groups excluding carboxylic acids is 2. The van der Waals surface area contributed by atoms with E-state index < -0.39 is 34.0 Å². The monoisotopic (exact) mass is 248 g/mol. The minimum atomic E-state index is -1.26. The fourth-order valence-corrected chi connectivity index (χ4v) is 1.23. The van der Waals surface area contributed by atoms with Gasteiger partial charge in [-0.05, 0) is 19.1 Å². The molecule has 0 atom stereocenters. The lowest BCUT2D eigenvalue weighted by molar-refractivity contribution is -0.137. The average Bonchev–Trinajstić information content (AvgIpc) is 2.22. The largest absolute Gasteiger partial charge is 0.460 e. The zero-order valence-corrected chi connectivity index (χ0v) is 8.98. The maximum absolute atomic E-state index is 13.3. The van der Waals surface area contributed by atoms with Crippen molar-refractivity contribution in [3.63, 3.8) is 0 Å². The summed E-state index contributed by atoms with van der Waals surface area (Å²) in [6.07, 6.45) is 0. The average molecular weight is 249 g/mol. The Balaban J connectivity index is 3.13. The number of Topliss-reactive ketones (excluding diaryl/α,β-unsaturated/α-hetero) is 1. The fraction of sp³-hybridized carbons (Fsp3) is 0.200. The zero-order chi connectivity index (χ0) is 12.3. The van der Waals surface area contributed by atoms with Crippen LogP contribution < -0.4 is 0 Å².